The maximum atomic E-state index is 11.4. The fraction of sp³-hybridized carbons (Fsp3) is 0.364. The van der Waals surface area contributed by atoms with Gasteiger partial charge >= 0.3 is 0 Å². The molecule has 0 fully saturated rings. The molecular formula is C11H15NO3. The Bertz CT molecular complexity index is 317. The van der Waals surface area contributed by atoms with Crippen molar-refractivity contribution in [3.05, 3.63) is 29.8 Å². The number of carbonyl (C=O) groups excluding carboxylic acids is 1. The van der Waals surface area contributed by atoms with E-state index in [-0.39, 0.29) is 19.1 Å². The Kier molecular flexibility index (Phi) is 4.27. The second-order valence-electron chi connectivity index (χ2n) is 3.42. The van der Waals surface area contributed by atoms with Crippen LogP contribution in [0.1, 0.15) is 5.56 Å². The highest BCUT2D eigenvalue weighted by molar-refractivity contribution is 5.92. The molecule has 0 aliphatic rings. The number of benzene rings is 1. The number of nitrogens with one attached hydrogen (secondary N) is 1. The van der Waals surface area contributed by atoms with Crippen molar-refractivity contribution in [1.82, 2.24) is 0 Å². The molecule has 0 radical (unpaired) electrons. The highest BCUT2D eigenvalue weighted by Crippen LogP contribution is 2.10. The van der Waals surface area contributed by atoms with Gasteiger partial charge in [-0.1, -0.05) is 17.7 Å². The Balaban J connectivity index is 2.61. The van der Waals surface area contributed by atoms with Crippen LogP contribution >= 0.6 is 0 Å². The van der Waals surface area contributed by atoms with Crippen molar-refractivity contribution in [3.8, 4) is 0 Å². The Morgan fingerprint density at radius 3 is 2.27 bits per heavy atom. The number of carbonyl (C=O) groups is 1. The van der Waals surface area contributed by atoms with Crippen LogP contribution in [0.25, 0.3) is 0 Å². The van der Waals surface area contributed by atoms with E-state index in [1.165, 1.54) is 0 Å². The summed E-state index contributed by atoms with van der Waals surface area (Å²) in [7, 11) is 0. The smallest absolute Gasteiger partial charge is 0.232 e. The molecule has 1 aromatic rings. The number of hydrogen-bond acceptors (Lipinski definition) is 3. The molecule has 15 heavy (non-hydrogen) atoms. The van der Waals surface area contributed by atoms with Crippen molar-refractivity contribution in [1.29, 1.82) is 0 Å². The number of hydrogen-bond donors (Lipinski definition) is 3. The van der Waals surface area contributed by atoms with E-state index in [9.17, 15) is 4.79 Å². The molecular weight excluding hydrogens is 194 g/mol. The average Bonchev–Trinajstić information content (AvgIpc) is 2.23. The molecule has 1 aromatic carbocycles. The van der Waals surface area contributed by atoms with Crippen LogP contribution in [-0.2, 0) is 4.79 Å². The summed E-state index contributed by atoms with van der Waals surface area (Å²) in [6.45, 7) is 1.25. The molecule has 0 bridgehead atoms. The van der Waals surface area contributed by atoms with E-state index in [4.69, 9.17) is 10.2 Å². The second kappa shape index (κ2) is 5.48. The van der Waals surface area contributed by atoms with Crippen LogP contribution in [0.2, 0.25) is 0 Å². The lowest BCUT2D eigenvalue weighted by Gasteiger charge is -2.11. The summed E-state index contributed by atoms with van der Waals surface area (Å²) in [6.07, 6.45) is 0. The van der Waals surface area contributed by atoms with Crippen molar-refractivity contribution in [2.45, 2.75) is 6.92 Å². The third kappa shape index (κ3) is 3.34. The molecule has 82 valence electrons. The number of aliphatic hydroxyl groups excluding tert-OH is 2. The number of amides is 1. The van der Waals surface area contributed by atoms with E-state index in [0.717, 1.165) is 5.56 Å². The molecule has 4 heteroatoms. The van der Waals surface area contributed by atoms with E-state index in [1.54, 1.807) is 12.1 Å². The summed E-state index contributed by atoms with van der Waals surface area (Å²) in [5, 5.41) is 20.2. The monoisotopic (exact) mass is 209 g/mol. The van der Waals surface area contributed by atoms with E-state index in [1.807, 2.05) is 19.1 Å². The fourth-order valence-electron chi connectivity index (χ4n) is 1.10. The summed E-state index contributed by atoms with van der Waals surface area (Å²) in [6, 6.07) is 7.31. The number of aliphatic hydroxyl groups is 2. The topological polar surface area (TPSA) is 69.6 Å². The third-order valence-corrected chi connectivity index (χ3v) is 2.13. The standard InChI is InChI=1S/C11H15NO3/c1-8-2-4-10(5-3-8)12-11(15)9(6-13)7-14/h2-5,9,13-14H,6-7H2,1H3,(H,12,15). The Hall–Kier alpha value is -1.39. The SMILES string of the molecule is Cc1ccc(NC(=O)C(CO)CO)cc1. The van der Waals surface area contributed by atoms with Gasteiger partial charge in [0.2, 0.25) is 5.91 Å². The highest BCUT2D eigenvalue weighted by Gasteiger charge is 2.15. The maximum absolute atomic E-state index is 11.4. The van der Waals surface area contributed by atoms with Gasteiger partial charge in [0.25, 0.3) is 0 Å². The van der Waals surface area contributed by atoms with Gasteiger partial charge in [-0.25, -0.2) is 0 Å². The number of rotatable bonds is 4. The minimum atomic E-state index is -0.758. The molecule has 0 aromatic heterocycles. The zero-order valence-corrected chi connectivity index (χ0v) is 8.60. The highest BCUT2D eigenvalue weighted by atomic mass is 16.3. The van der Waals surface area contributed by atoms with E-state index >= 15 is 0 Å². The van der Waals surface area contributed by atoms with Gasteiger partial charge in [-0.15, -0.1) is 0 Å². The minimum absolute atomic E-state index is 0.353. The Morgan fingerprint density at radius 1 is 1.27 bits per heavy atom. The molecule has 1 amide bonds. The fourth-order valence-corrected chi connectivity index (χ4v) is 1.10. The molecule has 4 nitrogen and oxygen atoms in total. The van der Waals surface area contributed by atoms with Crippen LogP contribution in [0.5, 0.6) is 0 Å². The van der Waals surface area contributed by atoms with Gasteiger partial charge in [0.1, 0.15) is 0 Å². The van der Waals surface area contributed by atoms with Crippen LogP contribution in [0.15, 0.2) is 24.3 Å². The summed E-state index contributed by atoms with van der Waals surface area (Å²) in [4.78, 5) is 11.4. The first kappa shape index (κ1) is 11.7. The molecule has 0 saturated carbocycles. The van der Waals surface area contributed by atoms with Crippen molar-refractivity contribution in [2.24, 2.45) is 5.92 Å². The van der Waals surface area contributed by atoms with Gasteiger partial charge < -0.3 is 15.5 Å². The molecule has 0 aliphatic carbocycles. The van der Waals surface area contributed by atoms with Crippen molar-refractivity contribution < 1.29 is 15.0 Å². The van der Waals surface area contributed by atoms with Gasteiger partial charge in [-0.3, -0.25) is 4.79 Å². The van der Waals surface area contributed by atoms with Gasteiger partial charge in [0, 0.05) is 5.69 Å². The lowest BCUT2D eigenvalue weighted by Crippen LogP contribution is -2.28. The Labute approximate surface area is 88.6 Å². The maximum Gasteiger partial charge on any atom is 0.232 e. The van der Waals surface area contributed by atoms with Crippen molar-refractivity contribution >= 4 is 11.6 Å². The van der Waals surface area contributed by atoms with Crippen LogP contribution in [0.3, 0.4) is 0 Å². The van der Waals surface area contributed by atoms with Crippen LogP contribution in [0, 0.1) is 12.8 Å². The molecule has 0 unspecified atom stereocenters. The summed E-state index contributed by atoms with van der Waals surface area (Å²) in [5.41, 5.74) is 1.77. The second-order valence-corrected chi connectivity index (χ2v) is 3.42. The lowest BCUT2D eigenvalue weighted by molar-refractivity contribution is -0.122. The third-order valence-electron chi connectivity index (χ3n) is 2.13. The molecule has 0 saturated heterocycles. The van der Waals surface area contributed by atoms with Crippen molar-refractivity contribution in [2.75, 3.05) is 18.5 Å². The van der Waals surface area contributed by atoms with E-state index < -0.39 is 5.92 Å². The summed E-state index contributed by atoms with van der Waals surface area (Å²) < 4.78 is 0. The van der Waals surface area contributed by atoms with Gasteiger partial charge in [0.05, 0.1) is 19.1 Å². The largest absolute Gasteiger partial charge is 0.395 e. The first-order chi connectivity index (χ1) is 7.17. The molecule has 0 atom stereocenters. The number of anilines is 1. The molecule has 3 N–H and O–H groups in total. The summed E-state index contributed by atoms with van der Waals surface area (Å²) >= 11 is 0. The quantitative estimate of drug-likeness (QED) is 0.677. The Morgan fingerprint density at radius 2 is 1.80 bits per heavy atom. The minimum Gasteiger partial charge on any atom is -0.395 e. The zero-order valence-electron chi connectivity index (χ0n) is 8.60. The first-order valence-corrected chi connectivity index (χ1v) is 4.76. The zero-order chi connectivity index (χ0) is 11.3. The van der Waals surface area contributed by atoms with Crippen LogP contribution in [0.4, 0.5) is 5.69 Å². The van der Waals surface area contributed by atoms with Gasteiger partial charge in [-0.05, 0) is 19.1 Å². The molecule has 0 heterocycles. The average molecular weight is 209 g/mol. The van der Waals surface area contributed by atoms with Gasteiger partial charge in [-0.2, -0.15) is 0 Å². The molecule has 0 aliphatic heterocycles. The predicted molar refractivity (Wildman–Crippen MR) is 57.5 cm³/mol. The van der Waals surface area contributed by atoms with Gasteiger partial charge in [0.15, 0.2) is 0 Å². The lowest BCUT2D eigenvalue weighted by atomic mass is 10.1. The summed E-state index contributed by atoms with van der Waals surface area (Å²) in [5.74, 6) is -1.13. The van der Waals surface area contributed by atoms with E-state index in [0.29, 0.717) is 5.69 Å². The normalized spacial score (nSPS) is 10.4. The van der Waals surface area contributed by atoms with Crippen molar-refractivity contribution in [3.63, 3.8) is 0 Å². The number of aryl methyl sites for hydroxylation is 1. The predicted octanol–water partition coefficient (Wildman–Crippen LogP) is 0.534. The first-order valence-electron chi connectivity index (χ1n) is 4.76. The van der Waals surface area contributed by atoms with Crippen LogP contribution < -0.4 is 5.32 Å². The molecule has 1 rings (SSSR count). The van der Waals surface area contributed by atoms with Crippen LogP contribution in [-0.4, -0.2) is 29.3 Å². The molecule has 0 spiro atoms. The van der Waals surface area contributed by atoms with E-state index in [2.05, 4.69) is 5.32 Å².